The number of rotatable bonds is 2. The standard InChI is InChI=1S/C8H8BrF3N2O2/c1-3-16-6(15)4-5(8(10,11)12)14(2)7(9)13-4/h3H2,1-2H3. The van der Waals surface area contributed by atoms with Crippen molar-refractivity contribution < 1.29 is 22.7 Å². The largest absolute Gasteiger partial charge is 0.461 e. The van der Waals surface area contributed by atoms with Crippen molar-refractivity contribution >= 4 is 21.9 Å². The molecule has 0 unspecified atom stereocenters. The van der Waals surface area contributed by atoms with Gasteiger partial charge in [0.15, 0.2) is 16.1 Å². The van der Waals surface area contributed by atoms with Gasteiger partial charge < -0.3 is 9.30 Å². The molecule has 0 radical (unpaired) electrons. The van der Waals surface area contributed by atoms with Gasteiger partial charge in [0.05, 0.1) is 6.61 Å². The third kappa shape index (κ3) is 2.37. The maximum absolute atomic E-state index is 12.6. The van der Waals surface area contributed by atoms with Crippen LogP contribution < -0.4 is 0 Å². The first-order valence-electron chi connectivity index (χ1n) is 4.25. The highest BCUT2D eigenvalue weighted by Crippen LogP contribution is 2.33. The Hall–Kier alpha value is -1.05. The number of imidazole rings is 1. The highest BCUT2D eigenvalue weighted by atomic mass is 79.9. The molecule has 0 bridgehead atoms. The topological polar surface area (TPSA) is 44.1 Å². The van der Waals surface area contributed by atoms with Crippen LogP contribution in [0.15, 0.2) is 4.73 Å². The summed E-state index contributed by atoms with van der Waals surface area (Å²) in [7, 11) is 1.16. The monoisotopic (exact) mass is 300 g/mol. The van der Waals surface area contributed by atoms with Gasteiger partial charge in [-0.05, 0) is 22.9 Å². The van der Waals surface area contributed by atoms with Crippen LogP contribution in [0.25, 0.3) is 0 Å². The Balaban J connectivity index is 3.29. The van der Waals surface area contributed by atoms with Gasteiger partial charge in [-0.25, -0.2) is 9.78 Å². The molecule has 8 heteroatoms. The van der Waals surface area contributed by atoms with Crippen molar-refractivity contribution in [1.29, 1.82) is 0 Å². The van der Waals surface area contributed by atoms with E-state index in [9.17, 15) is 18.0 Å². The van der Waals surface area contributed by atoms with E-state index in [0.29, 0.717) is 0 Å². The Morgan fingerprint density at radius 1 is 1.56 bits per heavy atom. The molecule has 0 fully saturated rings. The van der Waals surface area contributed by atoms with Crippen LogP contribution in [-0.2, 0) is 18.0 Å². The number of ether oxygens (including phenoxy) is 1. The van der Waals surface area contributed by atoms with Crippen molar-refractivity contribution in [3.05, 3.63) is 16.1 Å². The Bertz CT molecular complexity index is 414. The molecule has 0 aliphatic rings. The van der Waals surface area contributed by atoms with E-state index in [0.717, 1.165) is 11.6 Å². The molecular weight excluding hydrogens is 293 g/mol. The van der Waals surface area contributed by atoms with Gasteiger partial charge in [-0.3, -0.25) is 0 Å². The van der Waals surface area contributed by atoms with Crippen LogP contribution in [0.5, 0.6) is 0 Å². The fourth-order valence-corrected chi connectivity index (χ4v) is 1.49. The normalized spacial score (nSPS) is 11.6. The first-order chi connectivity index (χ1) is 7.29. The number of hydrogen-bond donors (Lipinski definition) is 0. The summed E-state index contributed by atoms with van der Waals surface area (Å²) in [4.78, 5) is 14.7. The fourth-order valence-electron chi connectivity index (χ4n) is 1.14. The zero-order valence-electron chi connectivity index (χ0n) is 8.43. The third-order valence-corrected chi connectivity index (χ3v) is 2.49. The summed E-state index contributed by atoms with van der Waals surface area (Å²) in [6.07, 6.45) is -4.66. The predicted molar refractivity (Wildman–Crippen MR) is 51.9 cm³/mol. The summed E-state index contributed by atoms with van der Waals surface area (Å²) in [5.41, 5.74) is -1.86. The third-order valence-electron chi connectivity index (χ3n) is 1.78. The minimum absolute atomic E-state index is 0.00960. The molecule has 0 atom stereocenters. The Morgan fingerprint density at radius 2 is 2.12 bits per heavy atom. The summed E-state index contributed by atoms with van der Waals surface area (Å²) in [5, 5.41) is 0. The van der Waals surface area contributed by atoms with Crippen molar-refractivity contribution in [3.8, 4) is 0 Å². The van der Waals surface area contributed by atoms with Crippen molar-refractivity contribution in [2.75, 3.05) is 6.61 Å². The molecule has 0 aliphatic heterocycles. The Labute approximate surface area is 97.5 Å². The number of esters is 1. The van der Waals surface area contributed by atoms with Crippen LogP contribution in [0.4, 0.5) is 13.2 Å². The lowest BCUT2D eigenvalue weighted by Gasteiger charge is -2.09. The molecule has 1 rings (SSSR count). The van der Waals surface area contributed by atoms with Gasteiger partial charge in [0.1, 0.15) is 0 Å². The molecule has 0 aromatic carbocycles. The zero-order valence-corrected chi connectivity index (χ0v) is 10.0. The van der Waals surface area contributed by atoms with E-state index in [1.165, 1.54) is 6.92 Å². The first kappa shape index (κ1) is 13.0. The van der Waals surface area contributed by atoms with Crippen LogP contribution in [0.2, 0.25) is 0 Å². The van der Waals surface area contributed by atoms with Crippen LogP contribution in [0.1, 0.15) is 23.1 Å². The molecule has 1 heterocycles. The highest BCUT2D eigenvalue weighted by molar-refractivity contribution is 9.10. The molecule has 0 aliphatic carbocycles. The second-order valence-electron chi connectivity index (χ2n) is 2.86. The SMILES string of the molecule is CCOC(=O)c1nc(Br)n(C)c1C(F)(F)F. The number of nitrogens with zero attached hydrogens (tertiary/aromatic N) is 2. The predicted octanol–water partition coefficient (Wildman–Crippen LogP) is 2.38. The summed E-state index contributed by atoms with van der Waals surface area (Å²) in [6, 6.07) is 0. The lowest BCUT2D eigenvalue weighted by molar-refractivity contribution is -0.143. The number of aromatic nitrogens is 2. The van der Waals surface area contributed by atoms with Crippen molar-refractivity contribution in [2.24, 2.45) is 7.05 Å². The average Bonchev–Trinajstić information content (AvgIpc) is 2.43. The minimum atomic E-state index is -4.66. The van der Waals surface area contributed by atoms with Crippen LogP contribution in [0, 0.1) is 0 Å². The fraction of sp³-hybridized carbons (Fsp3) is 0.500. The molecule has 0 N–H and O–H groups in total. The summed E-state index contributed by atoms with van der Waals surface area (Å²) < 4.78 is 43.1. The molecule has 1 aromatic rings. The summed E-state index contributed by atoms with van der Waals surface area (Å²) >= 11 is 2.82. The smallest absolute Gasteiger partial charge is 0.433 e. The van der Waals surface area contributed by atoms with Gasteiger partial charge in [-0.2, -0.15) is 13.2 Å². The average molecular weight is 301 g/mol. The van der Waals surface area contributed by atoms with Crippen LogP contribution in [0.3, 0.4) is 0 Å². The number of alkyl halides is 3. The maximum Gasteiger partial charge on any atom is 0.433 e. The van der Waals surface area contributed by atoms with Crippen LogP contribution in [-0.4, -0.2) is 22.1 Å². The van der Waals surface area contributed by atoms with Crippen LogP contribution >= 0.6 is 15.9 Å². The Morgan fingerprint density at radius 3 is 2.56 bits per heavy atom. The molecule has 90 valence electrons. The van der Waals surface area contributed by atoms with E-state index in [4.69, 9.17) is 0 Å². The summed E-state index contributed by atoms with van der Waals surface area (Å²) in [5.74, 6) is -1.09. The molecule has 0 amide bonds. The zero-order chi connectivity index (χ0) is 12.5. The molecule has 4 nitrogen and oxygen atoms in total. The van der Waals surface area contributed by atoms with E-state index < -0.39 is 23.5 Å². The van der Waals surface area contributed by atoms with Crippen molar-refractivity contribution in [1.82, 2.24) is 9.55 Å². The second kappa shape index (κ2) is 4.44. The van der Waals surface area contributed by atoms with E-state index >= 15 is 0 Å². The van der Waals surface area contributed by atoms with Gasteiger partial charge in [-0.15, -0.1) is 0 Å². The molecule has 0 spiro atoms. The maximum atomic E-state index is 12.6. The van der Waals surface area contributed by atoms with E-state index in [2.05, 4.69) is 25.7 Å². The highest BCUT2D eigenvalue weighted by Gasteiger charge is 2.41. The van der Waals surface area contributed by atoms with Gasteiger partial charge in [-0.1, -0.05) is 0 Å². The number of hydrogen-bond acceptors (Lipinski definition) is 3. The number of halogens is 4. The Kier molecular flexibility index (Phi) is 3.61. The van der Waals surface area contributed by atoms with E-state index in [1.807, 2.05) is 0 Å². The van der Waals surface area contributed by atoms with Crippen molar-refractivity contribution in [2.45, 2.75) is 13.1 Å². The van der Waals surface area contributed by atoms with Gasteiger partial charge in [0.2, 0.25) is 0 Å². The van der Waals surface area contributed by atoms with Gasteiger partial charge in [0.25, 0.3) is 0 Å². The second-order valence-corrected chi connectivity index (χ2v) is 3.56. The molecule has 0 saturated heterocycles. The first-order valence-corrected chi connectivity index (χ1v) is 5.04. The molecule has 16 heavy (non-hydrogen) atoms. The number of carbonyl (C=O) groups is 1. The lowest BCUT2D eigenvalue weighted by atomic mass is 10.3. The quantitative estimate of drug-likeness (QED) is 0.788. The molecule has 0 saturated carbocycles. The van der Waals surface area contributed by atoms with E-state index in [1.54, 1.807) is 0 Å². The van der Waals surface area contributed by atoms with Gasteiger partial charge >= 0.3 is 12.1 Å². The molecular formula is C8H8BrF3N2O2. The molecule has 1 aromatic heterocycles. The minimum Gasteiger partial charge on any atom is -0.461 e. The van der Waals surface area contributed by atoms with Crippen molar-refractivity contribution in [3.63, 3.8) is 0 Å². The summed E-state index contributed by atoms with van der Waals surface area (Å²) in [6.45, 7) is 1.49. The number of carbonyl (C=O) groups excluding carboxylic acids is 1. The lowest BCUT2D eigenvalue weighted by Crippen LogP contribution is -2.17. The van der Waals surface area contributed by atoms with Gasteiger partial charge in [0, 0.05) is 7.05 Å². The van der Waals surface area contributed by atoms with E-state index in [-0.39, 0.29) is 11.3 Å².